The van der Waals surface area contributed by atoms with Crippen LogP contribution in [0.4, 0.5) is 0 Å². The maximum Gasteiger partial charge on any atom is 0.0718 e. The van der Waals surface area contributed by atoms with Gasteiger partial charge >= 0.3 is 0 Å². The van der Waals surface area contributed by atoms with Gasteiger partial charge in [0.1, 0.15) is 0 Å². The van der Waals surface area contributed by atoms with Crippen LogP contribution in [0.5, 0.6) is 0 Å². The van der Waals surface area contributed by atoms with Crippen LogP contribution >= 0.6 is 0 Å². The maximum atomic E-state index is 8.93. The Morgan fingerprint density at radius 1 is 1.56 bits per heavy atom. The summed E-state index contributed by atoms with van der Waals surface area (Å²) >= 11 is 0. The van der Waals surface area contributed by atoms with Crippen LogP contribution in [-0.4, -0.2) is 17.8 Å². The molecule has 0 aromatic heterocycles. The molecule has 0 aromatic rings. The summed E-state index contributed by atoms with van der Waals surface area (Å²) in [6.45, 7) is 4.17. The fourth-order valence-corrected chi connectivity index (χ4v) is 0.616. The third kappa shape index (κ3) is 5.53. The zero-order valence-corrected chi connectivity index (χ0v) is 5.71. The van der Waals surface area contributed by atoms with Gasteiger partial charge in [0.05, 0.1) is 6.10 Å². The zero-order chi connectivity index (χ0) is 7.11. The van der Waals surface area contributed by atoms with Crippen LogP contribution in [0.2, 0.25) is 0 Å². The van der Waals surface area contributed by atoms with E-state index in [1.807, 2.05) is 0 Å². The largest absolute Gasteiger partial charge is 0.389 e. The lowest BCUT2D eigenvalue weighted by atomic mass is 10.1. The molecule has 9 heavy (non-hydrogen) atoms. The van der Waals surface area contributed by atoms with Crippen LogP contribution < -0.4 is 5.73 Å². The molecule has 0 saturated heterocycles. The van der Waals surface area contributed by atoms with E-state index in [2.05, 4.69) is 6.58 Å². The van der Waals surface area contributed by atoms with Gasteiger partial charge in [-0.15, -0.1) is 6.58 Å². The normalized spacial score (nSPS) is 13.1. The second-order valence-corrected chi connectivity index (χ2v) is 2.09. The summed E-state index contributed by atoms with van der Waals surface area (Å²) in [5, 5.41) is 8.93. The summed E-state index contributed by atoms with van der Waals surface area (Å²) in [6.07, 6.45) is 3.99. The Morgan fingerprint density at radius 2 is 2.22 bits per heavy atom. The quantitative estimate of drug-likeness (QED) is 0.423. The Morgan fingerprint density at radius 3 is 2.67 bits per heavy atom. The van der Waals surface area contributed by atoms with Crippen molar-refractivity contribution >= 4 is 0 Å². The summed E-state index contributed by atoms with van der Waals surface area (Å²) in [7, 11) is 0. The van der Waals surface area contributed by atoms with Gasteiger partial charge in [0.15, 0.2) is 0 Å². The second kappa shape index (κ2) is 5.79. The molecule has 54 valence electrons. The van der Waals surface area contributed by atoms with Crippen LogP contribution in [0.3, 0.4) is 0 Å². The minimum Gasteiger partial charge on any atom is -0.389 e. The molecular weight excluding hydrogens is 114 g/mol. The van der Waals surface area contributed by atoms with Gasteiger partial charge in [-0.1, -0.05) is 6.08 Å². The van der Waals surface area contributed by atoms with Crippen molar-refractivity contribution in [1.82, 2.24) is 0 Å². The van der Waals surface area contributed by atoms with E-state index in [9.17, 15) is 0 Å². The number of aliphatic hydroxyl groups excluding tert-OH is 1. The van der Waals surface area contributed by atoms with Gasteiger partial charge in [0.25, 0.3) is 0 Å². The van der Waals surface area contributed by atoms with Crippen LogP contribution in [0.25, 0.3) is 0 Å². The second-order valence-electron chi connectivity index (χ2n) is 2.09. The molecule has 0 fully saturated rings. The molecule has 0 saturated carbocycles. The first-order valence-corrected chi connectivity index (χ1v) is 3.32. The van der Waals surface area contributed by atoms with Crippen molar-refractivity contribution in [3.63, 3.8) is 0 Å². The molecule has 0 rings (SSSR count). The Hall–Kier alpha value is -0.340. The van der Waals surface area contributed by atoms with Crippen molar-refractivity contribution in [2.45, 2.75) is 25.4 Å². The average molecular weight is 129 g/mol. The van der Waals surface area contributed by atoms with Crippen molar-refractivity contribution in [3.8, 4) is 0 Å². The number of rotatable bonds is 5. The van der Waals surface area contributed by atoms with Gasteiger partial charge in [0, 0.05) is 0 Å². The Kier molecular flexibility index (Phi) is 5.57. The molecule has 2 nitrogen and oxygen atoms in total. The molecule has 0 aromatic carbocycles. The molecule has 0 radical (unpaired) electrons. The number of hydrogen-bond donors (Lipinski definition) is 2. The third-order valence-electron chi connectivity index (χ3n) is 1.23. The number of aliphatic hydroxyl groups is 1. The van der Waals surface area contributed by atoms with Gasteiger partial charge in [-0.25, -0.2) is 0 Å². The van der Waals surface area contributed by atoms with Gasteiger partial charge in [-0.05, 0) is 25.8 Å². The van der Waals surface area contributed by atoms with E-state index in [1.54, 1.807) is 6.08 Å². The summed E-state index contributed by atoms with van der Waals surface area (Å²) in [6, 6.07) is 0. The molecule has 0 amide bonds. The van der Waals surface area contributed by atoms with Crippen molar-refractivity contribution in [2.24, 2.45) is 5.73 Å². The Bertz CT molecular complexity index is 73.3. The minimum absolute atomic E-state index is 0.337. The molecule has 0 bridgehead atoms. The van der Waals surface area contributed by atoms with E-state index in [-0.39, 0.29) is 6.10 Å². The molecule has 0 unspecified atom stereocenters. The van der Waals surface area contributed by atoms with Gasteiger partial charge in [-0.3, -0.25) is 0 Å². The molecule has 3 N–H and O–H groups in total. The van der Waals surface area contributed by atoms with Crippen molar-refractivity contribution in [1.29, 1.82) is 0 Å². The molecule has 0 aliphatic rings. The maximum absolute atomic E-state index is 8.93. The molecule has 0 spiro atoms. The molecule has 0 heterocycles. The summed E-state index contributed by atoms with van der Waals surface area (Å²) < 4.78 is 0. The first-order chi connectivity index (χ1) is 4.31. The van der Waals surface area contributed by atoms with Crippen molar-refractivity contribution in [2.75, 3.05) is 6.54 Å². The average Bonchev–Trinajstić information content (AvgIpc) is 1.89. The summed E-state index contributed by atoms with van der Waals surface area (Å²) in [5.74, 6) is 0. The zero-order valence-electron chi connectivity index (χ0n) is 5.71. The van der Waals surface area contributed by atoms with Crippen LogP contribution in [-0.2, 0) is 0 Å². The van der Waals surface area contributed by atoms with E-state index in [1.165, 1.54) is 0 Å². The van der Waals surface area contributed by atoms with E-state index in [4.69, 9.17) is 10.8 Å². The first kappa shape index (κ1) is 8.66. The van der Waals surface area contributed by atoms with Gasteiger partial charge in [0.2, 0.25) is 0 Å². The number of unbranched alkanes of at least 4 members (excludes halogenated alkanes) is 1. The lowest BCUT2D eigenvalue weighted by molar-refractivity contribution is 0.209. The molecule has 0 aliphatic heterocycles. The summed E-state index contributed by atoms with van der Waals surface area (Å²) in [4.78, 5) is 0. The highest BCUT2D eigenvalue weighted by atomic mass is 16.3. The van der Waals surface area contributed by atoms with E-state index < -0.39 is 0 Å². The van der Waals surface area contributed by atoms with E-state index in [0.717, 1.165) is 19.3 Å². The molecular formula is C7H15NO. The van der Waals surface area contributed by atoms with Crippen LogP contribution in [0.15, 0.2) is 12.7 Å². The monoisotopic (exact) mass is 129 g/mol. The number of nitrogens with two attached hydrogens (primary N) is 1. The van der Waals surface area contributed by atoms with E-state index in [0.29, 0.717) is 6.54 Å². The van der Waals surface area contributed by atoms with Gasteiger partial charge < -0.3 is 10.8 Å². The van der Waals surface area contributed by atoms with Crippen molar-refractivity contribution in [3.05, 3.63) is 12.7 Å². The fraction of sp³-hybridized carbons (Fsp3) is 0.714. The standard InChI is InChI=1S/C7H15NO/c1-2-7(9)5-3-4-6-8/h2,7,9H,1,3-6,8H2/t7-/m0/s1. The Labute approximate surface area is 56.4 Å². The lowest BCUT2D eigenvalue weighted by Crippen LogP contribution is -2.04. The van der Waals surface area contributed by atoms with Gasteiger partial charge in [-0.2, -0.15) is 0 Å². The van der Waals surface area contributed by atoms with Crippen LogP contribution in [0, 0.1) is 0 Å². The lowest BCUT2D eigenvalue weighted by Gasteiger charge is -2.01. The molecule has 0 aliphatic carbocycles. The highest BCUT2D eigenvalue weighted by Crippen LogP contribution is 1.99. The smallest absolute Gasteiger partial charge is 0.0718 e. The van der Waals surface area contributed by atoms with Crippen LogP contribution in [0.1, 0.15) is 19.3 Å². The predicted molar refractivity (Wildman–Crippen MR) is 39.1 cm³/mol. The Balaban J connectivity index is 2.96. The number of hydrogen-bond acceptors (Lipinski definition) is 2. The highest BCUT2D eigenvalue weighted by Gasteiger charge is 1.94. The molecule has 1 atom stereocenters. The van der Waals surface area contributed by atoms with Crippen molar-refractivity contribution < 1.29 is 5.11 Å². The van der Waals surface area contributed by atoms with E-state index >= 15 is 0 Å². The fourth-order valence-electron chi connectivity index (χ4n) is 0.616. The predicted octanol–water partition coefficient (Wildman–Crippen LogP) is 0.662. The highest BCUT2D eigenvalue weighted by molar-refractivity contribution is 4.77. The molecule has 2 heteroatoms. The minimum atomic E-state index is -0.337. The third-order valence-corrected chi connectivity index (χ3v) is 1.23. The topological polar surface area (TPSA) is 46.2 Å². The first-order valence-electron chi connectivity index (χ1n) is 3.32. The SMILES string of the molecule is C=C[C@H](O)CCCCN. The summed E-state index contributed by atoms with van der Waals surface area (Å²) in [5.41, 5.74) is 5.25.